The molecule has 4 nitrogen and oxygen atoms in total. The van der Waals surface area contributed by atoms with Crippen molar-refractivity contribution in [3.05, 3.63) is 0 Å². The lowest BCUT2D eigenvalue weighted by molar-refractivity contribution is -0.0406. The van der Waals surface area contributed by atoms with Gasteiger partial charge in [0.15, 0.2) is 16.6 Å². The first-order valence-corrected chi connectivity index (χ1v) is 16.0. The quantitative estimate of drug-likeness (QED) is 0.581. The number of rotatable bonds is 5. The second-order valence-corrected chi connectivity index (χ2v) is 20.8. The standard InChI is InChI=1S/C20H42O4Si2/c1-14-12-15-17(22-14)18(24-26(10,11)20(5,6)7)16(23-15)13-21-25(8,9)19(2,3)4/h14-18H,12-13H2,1-11H3/t14-,15-,16+,17+,18-/m1/s1. The van der Waals surface area contributed by atoms with Gasteiger partial charge in [0.1, 0.15) is 18.3 Å². The number of ether oxygens (including phenoxy) is 2. The molecule has 26 heavy (non-hydrogen) atoms. The van der Waals surface area contributed by atoms with Gasteiger partial charge in [-0.05, 0) is 43.2 Å². The van der Waals surface area contributed by atoms with Crippen LogP contribution in [0.15, 0.2) is 0 Å². The van der Waals surface area contributed by atoms with Crippen molar-refractivity contribution < 1.29 is 18.3 Å². The Morgan fingerprint density at radius 1 is 0.885 bits per heavy atom. The van der Waals surface area contributed by atoms with E-state index in [9.17, 15) is 0 Å². The molecule has 2 aliphatic rings. The van der Waals surface area contributed by atoms with Crippen LogP contribution in [0.1, 0.15) is 54.9 Å². The summed E-state index contributed by atoms with van der Waals surface area (Å²) >= 11 is 0. The van der Waals surface area contributed by atoms with Gasteiger partial charge in [0.2, 0.25) is 0 Å². The highest BCUT2D eigenvalue weighted by Crippen LogP contribution is 2.43. The molecule has 5 atom stereocenters. The fourth-order valence-electron chi connectivity index (χ4n) is 3.11. The van der Waals surface area contributed by atoms with Gasteiger partial charge in [-0.3, -0.25) is 0 Å². The van der Waals surface area contributed by atoms with Gasteiger partial charge in [-0.1, -0.05) is 41.5 Å². The van der Waals surface area contributed by atoms with Crippen molar-refractivity contribution in [1.29, 1.82) is 0 Å². The monoisotopic (exact) mass is 402 g/mol. The molecule has 0 unspecified atom stereocenters. The van der Waals surface area contributed by atoms with Crippen LogP contribution < -0.4 is 0 Å². The lowest BCUT2D eigenvalue weighted by atomic mass is 10.1. The molecular weight excluding hydrogens is 360 g/mol. The summed E-state index contributed by atoms with van der Waals surface area (Å²) in [7, 11) is -3.72. The van der Waals surface area contributed by atoms with Crippen molar-refractivity contribution in [1.82, 2.24) is 0 Å². The Morgan fingerprint density at radius 2 is 1.42 bits per heavy atom. The Labute approximate surface area is 163 Å². The molecule has 0 bridgehead atoms. The lowest BCUT2D eigenvalue weighted by Gasteiger charge is -2.41. The summed E-state index contributed by atoms with van der Waals surface area (Å²) in [6.07, 6.45) is 1.35. The second kappa shape index (κ2) is 7.27. The van der Waals surface area contributed by atoms with Gasteiger partial charge in [0.25, 0.3) is 0 Å². The summed E-state index contributed by atoms with van der Waals surface area (Å²) in [4.78, 5) is 0. The maximum atomic E-state index is 6.81. The van der Waals surface area contributed by atoms with E-state index in [0.717, 1.165) is 6.42 Å². The van der Waals surface area contributed by atoms with Gasteiger partial charge in [-0.2, -0.15) is 0 Å². The van der Waals surface area contributed by atoms with Crippen LogP contribution in [0.3, 0.4) is 0 Å². The Kier molecular flexibility index (Phi) is 6.30. The molecule has 154 valence electrons. The summed E-state index contributed by atoms with van der Waals surface area (Å²) < 4.78 is 25.9. The predicted octanol–water partition coefficient (Wildman–Crippen LogP) is 5.34. The zero-order valence-corrected chi connectivity index (χ0v) is 20.9. The van der Waals surface area contributed by atoms with E-state index in [1.807, 2.05) is 0 Å². The normalized spacial score (nSPS) is 33.6. The van der Waals surface area contributed by atoms with Crippen LogP contribution in [0.5, 0.6) is 0 Å². The summed E-state index contributed by atoms with van der Waals surface area (Å²) in [6.45, 7) is 25.6. The van der Waals surface area contributed by atoms with Crippen molar-refractivity contribution in [2.24, 2.45) is 0 Å². The first-order chi connectivity index (χ1) is 11.6. The third-order valence-electron chi connectivity index (χ3n) is 7.01. The highest BCUT2D eigenvalue weighted by molar-refractivity contribution is 6.74. The Bertz CT molecular complexity index is 493. The van der Waals surface area contributed by atoms with Crippen LogP contribution in [-0.4, -0.2) is 53.8 Å². The van der Waals surface area contributed by atoms with Crippen LogP contribution in [0.2, 0.25) is 36.3 Å². The van der Waals surface area contributed by atoms with Crippen LogP contribution in [0.25, 0.3) is 0 Å². The molecule has 0 aromatic rings. The highest BCUT2D eigenvalue weighted by atomic mass is 28.4. The molecular formula is C20H42O4Si2. The van der Waals surface area contributed by atoms with E-state index >= 15 is 0 Å². The molecule has 0 aliphatic carbocycles. The zero-order chi connectivity index (χ0) is 20.1. The molecule has 0 aromatic heterocycles. The van der Waals surface area contributed by atoms with E-state index < -0.39 is 16.6 Å². The van der Waals surface area contributed by atoms with Crippen LogP contribution >= 0.6 is 0 Å². The molecule has 2 heterocycles. The van der Waals surface area contributed by atoms with Crippen molar-refractivity contribution in [2.45, 2.75) is 122 Å². The summed E-state index contributed by atoms with van der Waals surface area (Å²) in [5.74, 6) is 0. The third kappa shape index (κ3) is 4.63. The molecule has 0 spiro atoms. The first-order valence-electron chi connectivity index (χ1n) is 10.2. The predicted molar refractivity (Wildman–Crippen MR) is 113 cm³/mol. The van der Waals surface area contributed by atoms with E-state index in [2.05, 4.69) is 74.7 Å². The molecule has 0 saturated carbocycles. The van der Waals surface area contributed by atoms with E-state index in [4.69, 9.17) is 18.3 Å². The van der Waals surface area contributed by atoms with Crippen molar-refractivity contribution in [3.63, 3.8) is 0 Å². The van der Waals surface area contributed by atoms with Crippen LogP contribution in [0.4, 0.5) is 0 Å². The van der Waals surface area contributed by atoms with Gasteiger partial charge >= 0.3 is 0 Å². The van der Waals surface area contributed by atoms with E-state index in [1.54, 1.807) is 0 Å². The van der Waals surface area contributed by atoms with Crippen LogP contribution in [-0.2, 0) is 18.3 Å². The van der Waals surface area contributed by atoms with Gasteiger partial charge in [0.05, 0.1) is 18.8 Å². The topological polar surface area (TPSA) is 36.9 Å². The summed E-state index contributed by atoms with van der Waals surface area (Å²) in [5.41, 5.74) is 0. The zero-order valence-electron chi connectivity index (χ0n) is 18.9. The molecule has 0 radical (unpaired) electrons. The van der Waals surface area contributed by atoms with Gasteiger partial charge < -0.3 is 18.3 Å². The number of hydrogen-bond donors (Lipinski definition) is 0. The molecule has 2 aliphatic heterocycles. The Morgan fingerprint density at radius 3 is 1.92 bits per heavy atom. The summed E-state index contributed by atoms with van der Waals surface area (Å²) in [5, 5.41) is 0.364. The van der Waals surface area contributed by atoms with Crippen LogP contribution in [0, 0.1) is 0 Å². The van der Waals surface area contributed by atoms with Gasteiger partial charge in [-0.15, -0.1) is 0 Å². The minimum atomic E-state index is -1.91. The Hall–Kier alpha value is 0.274. The smallest absolute Gasteiger partial charge is 0.192 e. The maximum absolute atomic E-state index is 6.81. The Balaban J connectivity index is 2.14. The highest BCUT2D eigenvalue weighted by Gasteiger charge is 2.54. The minimum Gasteiger partial charge on any atom is -0.414 e. The number of hydrogen-bond acceptors (Lipinski definition) is 4. The second-order valence-electron chi connectivity index (χ2n) is 11.3. The van der Waals surface area contributed by atoms with Gasteiger partial charge in [0, 0.05) is 6.42 Å². The molecule has 2 fully saturated rings. The molecule has 2 saturated heterocycles. The fraction of sp³-hybridized carbons (Fsp3) is 1.00. The van der Waals surface area contributed by atoms with E-state index in [1.165, 1.54) is 0 Å². The number of fused-ring (bicyclic) bond motifs is 1. The van der Waals surface area contributed by atoms with Crippen molar-refractivity contribution in [3.8, 4) is 0 Å². The first kappa shape index (κ1) is 22.6. The van der Waals surface area contributed by atoms with Crippen molar-refractivity contribution in [2.75, 3.05) is 6.61 Å². The van der Waals surface area contributed by atoms with E-state index in [0.29, 0.717) is 6.61 Å². The molecule has 0 aromatic carbocycles. The molecule has 0 N–H and O–H groups in total. The largest absolute Gasteiger partial charge is 0.414 e. The third-order valence-corrected chi connectivity index (χ3v) is 16.0. The average Bonchev–Trinajstić information content (AvgIpc) is 2.91. The summed E-state index contributed by atoms with van der Waals surface area (Å²) in [6, 6.07) is 0. The molecule has 6 heteroatoms. The van der Waals surface area contributed by atoms with E-state index in [-0.39, 0.29) is 40.6 Å². The minimum absolute atomic E-state index is 0.0180. The average molecular weight is 403 g/mol. The molecule has 2 rings (SSSR count). The van der Waals surface area contributed by atoms with Gasteiger partial charge in [-0.25, -0.2) is 0 Å². The lowest BCUT2D eigenvalue weighted by Crippen LogP contribution is -2.51. The fourth-order valence-corrected chi connectivity index (χ4v) is 5.44. The maximum Gasteiger partial charge on any atom is 0.192 e. The SMILES string of the molecule is C[C@@H]1C[C@H]2O[C@@H](CO[Si](C)(C)C(C)(C)C)[C@@H](O[Si](C)(C)C(C)(C)C)[C@H]2O1. The van der Waals surface area contributed by atoms with Crippen molar-refractivity contribution >= 4 is 16.6 Å². The molecule has 0 amide bonds.